The molecule has 0 aliphatic rings. The molecule has 132 valence electrons. The topological polar surface area (TPSA) is 33.6 Å². The number of rotatable bonds is 6. The second-order valence-electron chi connectivity index (χ2n) is 5.48. The Morgan fingerprint density at radius 1 is 0.846 bits per heavy atom. The van der Waals surface area contributed by atoms with Crippen LogP contribution in [0.2, 0.25) is 0 Å². The van der Waals surface area contributed by atoms with Crippen molar-refractivity contribution in [3.8, 4) is 5.75 Å². The summed E-state index contributed by atoms with van der Waals surface area (Å²) in [4.78, 5) is 0. The van der Waals surface area contributed by atoms with Crippen molar-refractivity contribution in [2.24, 2.45) is 5.10 Å². The third-order valence-corrected chi connectivity index (χ3v) is 3.46. The van der Waals surface area contributed by atoms with Crippen molar-refractivity contribution in [2.45, 2.75) is 6.61 Å². The summed E-state index contributed by atoms with van der Waals surface area (Å²) >= 11 is 0. The number of hydrogen-bond acceptors (Lipinski definition) is 3. The van der Waals surface area contributed by atoms with Crippen molar-refractivity contribution < 1.29 is 17.9 Å². The van der Waals surface area contributed by atoms with Crippen LogP contribution in [0.1, 0.15) is 11.1 Å². The zero-order chi connectivity index (χ0) is 18.4. The lowest BCUT2D eigenvalue weighted by molar-refractivity contribution is 0.302. The predicted octanol–water partition coefficient (Wildman–Crippen LogP) is 5.13. The molecule has 0 aromatic heterocycles. The second kappa shape index (κ2) is 8.20. The van der Waals surface area contributed by atoms with Crippen LogP contribution in [0.15, 0.2) is 71.8 Å². The number of nitrogens with zero attached hydrogens (tertiary/aromatic N) is 1. The van der Waals surface area contributed by atoms with E-state index in [0.29, 0.717) is 11.1 Å². The molecular formula is C20H15F3N2O. The molecule has 26 heavy (non-hydrogen) atoms. The predicted molar refractivity (Wildman–Crippen MR) is 94.7 cm³/mol. The van der Waals surface area contributed by atoms with Crippen LogP contribution in [-0.2, 0) is 6.61 Å². The monoisotopic (exact) mass is 356 g/mol. The third kappa shape index (κ3) is 4.86. The molecule has 3 aromatic rings. The van der Waals surface area contributed by atoms with Gasteiger partial charge in [0.25, 0.3) is 0 Å². The highest BCUT2D eigenvalue weighted by Gasteiger charge is 2.06. The lowest BCUT2D eigenvalue weighted by Crippen LogP contribution is -2.01. The van der Waals surface area contributed by atoms with Gasteiger partial charge in [0.1, 0.15) is 29.8 Å². The van der Waals surface area contributed by atoms with Crippen LogP contribution in [0.3, 0.4) is 0 Å². The highest BCUT2D eigenvalue weighted by atomic mass is 19.1. The van der Waals surface area contributed by atoms with Crippen LogP contribution in [0.25, 0.3) is 0 Å². The van der Waals surface area contributed by atoms with Gasteiger partial charge in [-0.1, -0.05) is 18.2 Å². The van der Waals surface area contributed by atoms with Gasteiger partial charge < -0.3 is 4.74 Å². The van der Waals surface area contributed by atoms with E-state index in [2.05, 4.69) is 10.5 Å². The fourth-order valence-electron chi connectivity index (χ4n) is 2.28. The Labute approximate surface area is 148 Å². The fraction of sp³-hybridized carbons (Fsp3) is 0.0500. The Hall–Kier alpha value is -3.28. The first-order valence-electron chi connectivity index (χ1n) is 7.81. The van der Waals surface area contributed by atoms with Gasteiger partial charge >= 0.3 is 0 Å². The molecule has 0 radical (unpaired) electrons. The summed E-state index contributed by atoms with van der Waals surface area (Å²) in [6, 6.07) is 16.4. The zero-order valence-electron chi connectivity index (χ0n) is 13.6. The van der Waals surface area contributed by atoms with Crippen molar-refractivity contribution in [1.29, 1.82) is 0 Å². The number of halogens is 3. The van der Waals surface area contributed by atoms with Gasteiger partial charge in [0.15, 0.2) is 0 Å². The molecule has 0 saturated carbocycles. The summed E-state index contributed by atoms with van der Waals surface area (Å²) in [5.41, 5.74) is 4.46. The van der Waals surface area contributed by atoms with Gasteiger partial charge in [0.2, 0.25) is 0 Å². The summed E-state index contributed by atoms with van der Waals surface area (Å²) in [5.74, 6) is -1.67. The molecule has 3 nitrogen and oxygen atoms in total. The van der Waals surface area contributed by atoms with Crippen LogP contribution in [0, 0.1) is 17.5 Å². The molecule has 0 spiro atoms. The van der Waals surface area contributed by atoms with Gasteiger partial charge in [-0.05, 0) is 42.0 Å². The first-order chi connectivity index (χ1) is 12.6. The number of hydrazone groups is 1. The van der Waals surface area contributed by atoms with Gasteiger partial charge in [-0.25, -0.2) is 13.2 Å². The van der Waals surface area contributed by atoms with E-state index >= 15 is 0 Å². The fourth-order valence-corrected chi connectivity index (χ4v) is 2.28. The second-order valence-corrected chi connectivity index (χ2v) is 5.48. The average Bonchev–Trinajstić information content (AvgIpc) is 2.61. The normalized spacial score (nSPS) is 10.9. The molecule has 0 aliphatic heterocycles. The number of ether oxygens (including phenoxy) is 1. The number of hydrogen-bond donors (Lipinski definition) is 1. The molecule has 0 amide bonds. The molecule has 0 heterocycles. The zero-order valence-corrected chi connectivity index (χ0v) is 13.6. The lowest BCUT2D eigenvalue weighted by atomic mass is 10.2. The van der Waals surface area contributed by atoms with Crippen molar-refractivity contribution in [2.75, 3.05) is 5.43 Å². The van der Waals surface area contributed by atoms with Gasteiger partial charge in [-0.2, -0.15) is 5.10 Å². The van der Waals surface area contributed by atoms with E-state index in [1.807, 2.05) is 30.3 Å². The van der Waals surface area contributed by atoms with Gasteiger partial charge in [-0.15, -0.1) is 0 Å². The van der Waals surface area contributed by atoms with Gasteiger partial charge in [0.05, 0.1) is 11.9 Å². The maximum atomic E-state index is 13.5. The SMILES string of the molecule is Fc1cc(F)cc(COc2cc(F)ccc2C=NNc2ccccc2)c1. The number of benzene rings is 3. The Morgan fingerprint density at radius 2 is 1.58 bits per heavy atom. The highest BCUT2D eigenvalue weighted by Crippen LogP contribution is 2.20. The Balaban J connectivity index is 1.73. The summed E-state index contributed by atoms with van der Waals surface area (Å²) < 4.78 is 45.5. The quantitative estimate of drug-likeness (QED) is 0.491. The molecule has 0 unspecified atom stereocenters. The van der Waals surface area contributed by atoms with Crippen LogP contribution in [0.5, 0.6) is 5.75 Å². The minimum absolute atomic E-state index is 0.106. The molecule has 3 rings (SSSR count). The largest absolute Gasteiger partial charge is 0.488 e. The molecule has 0 fully saturated rings. The summed E-state index contributed by atoms with van der Waals surface area (Å²) in [6.45, 7) is -0.106. The minimum Gasteiger partial charge on any atom is -0.488 e. The van der Waals surface area contributed by atoms with Crippen molar-refractivity contribution >= 4 is 11.9 Å². The third-order valence-electron chi connectivity index (χ3n) is 3.46. The number of anilines is 1. The summed E-state index contributed by atoms with van der Waals surface area (Å²) in [5, 5.41) is 4.09. The van der Waals surface area contributed by atoms with E-state index in [1.165, 1.54) is 24.4 Å². The van der Waals surface area contributed by atoms with E-state index in [4.69, 9.17) is 4.74 Å². The first-order valence-corrected chi connectivity index (χ1v) is 7.81. The smallest absolute Gasteiger partial charge is 0.131 e. The van der Waals surface area contributed by atoms with E-state index in [0.717, 1.165) is 23.9 Å². The highest BCUT2D eigenvalue weighted by molar-refractivity contribution is 5.84. The van der Waals surface area contributed by atoms with E-state index < -0.39 is 17.5 Å². The number of nitrogens with one attached hydrogen (secondary N) is 1. The van der Waals surface area contributed by atoms with E-state index in [9.17, 15) is 13.2 Å². The maximum Gasteiger partial charge on any atom is 0.131 e. The lowest BCUT2D eigenvalue weighted by Gasteiger charge is -2.10. The first kappa shape index (κ1) is 17.5. The molecule has 0 atom stereocenters. The van der Waals surface area contributed by atoms with Crippen molar-refractivity contribution in [3.63, 3.8) is 0 Å². The molecule has 1 N–H and O–H groups in total. The molecule has 3 aromatic carbocycles. The Kier molecular flexibility index (Phi) is 5.53. The van der Waals surface area contributed by atoms with Crippen LogP contribution < -0.4 is 10.2 Å². The minimum atomic E-state index is -0.698. The molecule has 6 heteroatoms. The van der Waals surface area contributed by atoms with Crippen LogP contribution in [0.4, 0.5) is 18.9 Å². The van der Waals surface area contributed by atoms with E-state index in [1.54, 1.807) is 0 Å². The van der Waals surface area contributed by atoms with Crippen LogP contribution >= 0.6 is 0 Å². The van der Waals surface area contributed by atoms with E-state index in [-0.39, 0.29) is 12.4 Å². The number of para-hydroxylation sites is 1. The van der Waals surface area contributed by atoms with Crippen LogP contribution in [-0.4, -0.2) is 6.21 Å². The Bertz CT molecular complexity index is 894. The summed E-state index contributed by atoms with van der Waals surface area (Å²) in [6.07, 6.45) is 1.48. The van der Waals surface area contributed by atoms with Gasteiger partial charge in [0, 0.05) is 17.7 Å². The summed E-state index contributed by atoms with van der Waals surface area (Å²) in [7, 11) is 0. The molecule has 0 saturated heterocycles. The molecule has 0 bridgehead atoms. The van der Waals surface area contributed by atoms with Crippen molar-refractivity contribution in [3.05, 3.63) is 95.3 Å². The van der Waals surface area contributed by atoms with Crippen molar-refractivity contribution in [1.82, 2.24) is 0 Å². The molecular weight excluding hydrogens is 341 g/mol. The van der Waals surface area contributed by atoms with Gasteiger partial charge in [-0.3, -0.25) is 5.43 Å². The molecule has 0 aliphatic carbocycles. The standard InChI is InChI=1S/C20H15F3N2O/c21-16-7-6-15(12-24-25-19-4-2-1-3-5-19)20(11-16)26-13-14-8-17(22)10-18(23)9-14/h1-12,25H,13H2. The average molecular weight is 356 g/mol. The Morgan fingerprint density at radius 3 is 2.31 bits per heavy atom. The maximum absolute atomic E-state index is 13.5.